The summed E-state index contributed by atoms with van der Waals surface area (Å²) in [6, 6.07) is 4.55. The van der Waals surface area contributed by atoms with E-state index in [1.165, 1.54) is 18.2 Å². The van der Waals surface area contributed by atoms with Crippen molar-refractivity contribution in [1.29, 1.82) is 5.26 Å². The molecule has 20 heavy (non-hydrogen) atoms. The smallest absolute Gasteiger partial charge is 0.323 e. The predicted molar refractivity (Wildman–Crippen MR) is 69.5 cm³/mol. The molecular weight excluding hydrogens is 265 g/mol. The van der Waals surface area contributed by atoms with Gasteiger partial charge in [-0.3, -0.25) is 4.79 Å². The zero-order chi connectivity index (χ0) is 15.1. The van der Waals surface area contributed by atoms with Gasteiger partial charge < -0.3 is 15.3 Å². The highest BCUT2D eigenvalue weighted by Crippen LogP contribution is 2.15. The number of hydrogen-bond donors (Lipinski definition) is 2. The van der Waals surface area contributed by atoms with Crippen molar-refractivity contribution in [2.45, 2.75) is 0 Å². The topological polar surface area (TPSA) is 93.4 Å². The highest BCUT2D eigenvalue weighted by atomic mass is 19.1. The monoisotopic (exact) mass is 277 g/mol. The number of amides is 2. The molecule has 0 spiro atoms. The summed E-state index contributed by atoms with van der Waals surface area (Å²) in [5.74, 6) is -1.96. The van der Waals surface area contributed by atoms with Gasteiger partial charge in [-0.05, 0) is 18.2 Å². The molecule has 0 aliphatic heterocycles. The number of anilines is 1. The molecular formula is C13H12FN3O3. The van der Waals surface area contributed by atoms with Crippen molar-refractivity contribution in [1.82, 2.24) is 4.90 Å². The van der Waals surface area contributed by atoms with Gasteiger partial charge in [0.15, 0.2) is 0 Å². The van der Waals surface area contributed by atoms with Crippen molar-refractivity contribution < 1.29 is 19.1 Å². The molecule has 0 atom stereocenters. The van der Waals surface area contributed by atoms with Crippen LogP contribution in [0.25, 0.3) is 0 Å². The molecule has 0 bridgehead atoms. The van der Waals surface area contributed by atoms with Crippen LogP contribution in [0.2, 0.25) is 0 Å². The van der Waals surface area contributed by atoms with E-state index >= 15 is 0 Å². The first kappa shape index (κ1) is 15.2. The van der Waals surface area contributed by atoms with E-state index in [4.69, 9.17) is 10.4 Å². The molecule has 104 valence electrons. The van der Waals surface area contributed by atoms with Crippen molar-refractivity contribution in [3.63, 3.8) is 0 Å². The molecule has 0 heterocycles. The van der Waals surface area contributed by atoms with Crippen molar-refractivity contribution >= 4 is 17.7 Å². The molecule has 0 aromatic heterocycles. The molecule has 0 saturated carbocycles. The molecule has 0 radical (unpaired) electrons. The van der Waals surface area contributed by atoms with Gasteiger partial charge in [-0.1, -0.05) is 6.08 Å². The van der Waals surface area contributed by atoms with Gasteiger partial charge >= 0.3 is 12.0 Å². The number of halogens is 1. The second-order valence-electron chi connectivity index (χ2n) is 3.80. The summed E-state index contributed by atoms with van der Waals surface area (Å²) in [5.41, 5.74) is -0.0116. The molecule has 1 rings (SSSR count). The van der Waals surface area contributed by atoms with Gasteiger partial charge in [-0.15, -0.1) is 6.58 Å². The van der Waals surface area contributed by atoms with Crippen LogP contribution in [0.5, 0.6) is 0 Å². The van der Waals surface area contributed by atoms with E-state index in [2.05, 4.69) is 11.9 Å². The number of urea groups is 1. The van der Waals surface area contributed by atoms with E-state index in [9.17, 15) is 14.0 Å². The number of carboxylic acid groups (broad SMARTS) is 1. The number of benzene rings is 1. The van der Waals surface area contributed by atoms with Crippen LogP contribution in [0.15, 0.2) is 30.9 Å². The van der Waals surface area contributed by atoms with E-state index < -0.39 is 24.4 Å². The normalized spacial score (nSPS) is 9.40. The summed E-state index contributed by atoms with van der Waals surface area (Å²) >= 11 is 0. The third-order valence-corrected chi connectivity index (χ3v) is 2.30. The lowest BCUT2D eigenvalue weighted by Gasteiger charge is -2.19. The second kappa shape index (κ2) is 6.89. The largest absolute Gasteiger partial charge is 0.480 e. The van der Waals surface area contributed by atoms with Gasteiger partial charge in [-0.2, -0.15) is 5.26 Å². The van der Waals surface area contributed by atoms with Gasteiger partial charge in [-0.25, -0.2) is 9.18 Å². The summed E-state index contributed by atoms with van der Waals surface area (Å²) in [6.45, 7) is 2.89. The number of carbonyl (C=O) groups is 2. The van der Waals surface area contributed by atoms with Gasteiger partial charge in [0.2, 0.25) is 0 Å². The van der Waals surface area contributed by atoms with Crippen LogP contribution in [-0.2, 0) is 4.79 Å². The third-order valence-electron chi connectivity index (χ3n) is 2.30. The Morgan fingerprint density at radius 1 is 1.55 bits per heavy atom. The first-order valence-corrected chi connectivity index (χ1v) is 5.56. The lowest BCUT2D eigenvalue weighted by atomic mass is 10.2. The number of hydrogen-bond acceptors (Lipinski definition) is 3. The second-order valence-corrected chi connectivity index (χ2v) is 3.80. The van der Waals surface area contributed by atoms with Gasteiger partial charge in [0.1, 0.15) is 12.4 Å². The highest BCUT2D eigenvalue weighted by Gasteiger charge is 2.17. The van der Waals surface area contributed by atoms with Crippen LogP contribution in [0.1, 0.15) is 5.56 Å². The minimum Gasteiger partial charge on any atom is -0.480 e. The lowest BCUT2D eigenvalue weighted by Crippen LogP contribution is -2.39. The fourth-order valence-electron chi connectivity index (χ4n) is 1.42. The maximum absolute atomic E-state index is 13.6. The van der Waals surface area contributed by atoms with Crippen molar-refractivity contribution in [3.05, 3.63) is 42.2 Å². The number of aliphatic carboxylic acids is 1. The Balaban J connectivity index is 2.85. The van der Waals surface area contributed by atoms with E-state index in [1.807, 2.05) is 0 Å². The number of carbonyl (C=O) groups excluding carboxylic acids is 1. The fraction of sp³-hybridized carbons (Fsp3) is 0.154. The van der Waals surface area contributed by atoms with E-state index in [1.54, 1.807) is 6.07 Å². The minimum atomic E-state index is -1.19. The van der Waals surface area contributed by atoms with Crippen molar-refractivity contribution in [3.8, 4) is 6.07 Å². The summed E-state index contributed by atoms with van der Waals surface area (Å²) in [5, 5.41) is 19.5. The first-order chi connectivity index (χ1) is 9.47. The average Bonchev–Trinajstić information content (AvgIpc) is 2.40. The Morgan fingerprint density at radius 3 is 2.75 bits per heavy atom. The van der Waals surface area contributed by atoms with Crippen LogP contribution in [0.3, 0.4) is 0 Å². The van der Waals surface area contributed by atoms with E-state index in [0.717, 1.165) is 11.0 Å². The highest BCUT2D eigenvalue weighted by molar-refractivity contribution is 5.91. The molecule has 2 N–H and O–H groups in total. The molecule has 1 aromatic carbocycles. The first-order valence-electron chi connectivity index (χ1n) is 5.56. The number of carboxylic acids is 1. The average molecular weight is 277 g/mol. The summed E-state index contributed by atoms with van der Waals surface area (Å²) < 4.78 is 13.6. The van der Waals surface area contributed by atoms with Crippen LogP contribution in [-0.4, -0.2) is 35.1 Å². The zero-order valence-corrected chi connectivity index (χ0v) is 10.5. The molecule has 0 aliphatic rings. The molecule has 0 unspecified atom stereocenters. The van der Waals surface area contributed by atoms with Gasteiger partial charge in [0, 0.05) is 6.54 Å². The fourth-order valence-corrected chi connectivity index (χ4v) is 1.42. The molecule has 0 saturated heterocycles. The Bertz CT molecular complexity index is 581. The number of nitrogens with one attached hydrogen (secondary N) is 1. The molecule has 2 amide bonds. The Labute approximate surface area is 114 Å². The Hall–Kier alpha value is -2.88. The van der Waals surface area contributed by atoms with Crippen LogP contribution >= 0.6 is 0 Å². The predicted octanol–water partition coefficient (Wildman–Crippen LogP) is 1.80. The third kappa shape index (κ3) is 4.10. The van der Waals surface area contributed by atoms with Crippen molar-refractivity contribution in [2.75, 3.05) is 18.4 Å². The van der Waals surface area contributed by atoms with Gasteiger partial charge in [0.05, 0.1) is 17.3 Å². The zero-order valence-electron chi connectivity index (χ0n) is 10.5. The van der Waals surface area contributed by atoms with Crippen molar-refractivity contribution in [2.24, 2.45) is 0 Å². The Kier molecular flexibility index (Phi) is 5.23. The summed E-state index contributed by atoms with van der Waals surface area (Å²) in [6.07, 6.45) is 1.36. The standard InChI is InChI=1S/C13H12FN3O3/c1-2-5-17(8-12(18)19)13(20)16-11-4-3-9(7-15)6-10(11)14/h2-4,6H,1,5,8H2,(H,16,20)(H,18,19). The molecule has 0 aliphatic carbocycles. The molecule has 0 fully saturated rings. The minimum absolute atomic E-state index is 0.00995. The summed E-state index contributed by atoms with van der Waals surface area (Å²) in [7, 11) is 0. The van der Waals surface area contributed by atoms with Crippen LogP contribution < -0.4 is 5.32 Å². The molecule has 6 nitrogen and oxygen atoms in total. The Morgan fingerprint density at radius 2 is 2.25 bits per heavy atom. The number of rotatable bonds is 5. The number of nitrogens with zero attached hydrogens (tertiary/aromatic N) is 2. The maximum atomic E-state index is 13.6. The van der Waals surface area contributed by atoms with Crippen LogP contribution in [0.4, 0.5) is 14.9 Å². The molecule has 7 heteroatoms. The maximum Gasteiger partial charge on any atom is 0.323 e. The molecule has 1 aromatic rings. The number of nitriles is 1. The summed E-state index contributed by atoms with van der Waals surface area (Å²) in [4.78, 5) is 23.4. The van der Waals surface area contributed by atoms with E-state index in [0.29, 0.717) is 0 Å². The van der Waals surface area contributed by atoms with E-state index in [-0.39, 0.29) is 17.8 Å². The van der Waals surface area contributed by atoms with Crippen LogP contribution in [0, 0.1) is 17.1 Å². The lowest BCUT2D eigenvalue weighted by molar-refractivity contribution is -0.137. The SMILES string of the molecule is C=CCN(CC(=O)O)C(=O)Nc1ccc(C#N)cc1F. The van der Waals surface area contributed by atoms with Gasteiger partial charge in [0.25, 0.3) is 0 Å². The quantitative estimate of drug-likeness (QED) is 0.802.